The third-order valence-electron chi connectivity index (χ3n) is 3.28. The largest absolute Gasteiger partial charge is 0.496 e. The summed E-state index contributed by atoms with van der Waals surface area (Å²) in [5, 5.41) is 0. The molecule has 1 aromatic rings. The van der Waals surface area contributed by atoms with Crippen LogP contribution < -0.4 is 10.5 Å². The molecule has 0 fully saturated rings. The van der Waals surface area contributed by atoms with Gasteiger partial charge in [0.15, 0.2) is 0 Å². The molecule has 2 N–H and O–H groups in total. The minimum Gasteiger partial charge on any atom is -0.496 e. The van der Waals surface area contributed by atoms with Gasteiger partial charge in [-0.25, -0.2) is 0 Å². The van der Waals surface area contributed by atoms with Crippen LogP contribution in [0.15, 0.2) is 22.7 Å². The minimum absolute atomic E-state index is 0.664. The summed E-state index contributed by atoms with van der Waals surface area (Å²) >= 11 is 3.52. The topological polar surface area (TPSA) is 38.5 Å². The molecular formula is C15H25BrN2O. The summed E-state index contributed by atoms with van der Waals surface area (Å²) in [6, 6.07) is 6.27. The van der Waals surface area contributed by atoms with Crippen LogP contribution in [0.2, 0.25) is 0 Å². The zero-order chi connectivity index (χ0) is 14.3. The van der Waals surface area contributed by atoms with Gasteiger partial charge in [0.2, 0.25) is 0 Å². The van der Waals surface area contributed by atoms with Gasteiger partial charge in [0.25, 0.3) is 0 Å². The molecule has 0 aliphatic heterocycles. The van der Waals surface area contributed by atoms with Crippen molar-refractivity contribution in [1.82, 2.24) is 4.90 Å². The van der Waals surface area contributed by atoms with Gasteiger partial charge < -0.3 is 15.4 Å². The van der Waals surface area contributed by atoms with Crippen LogP contribution in [-0.4, -0.2) is 38.7 Å². The maximum atomic E-state index is 5.58. The van der Waals surface area contributed by atoms with Crippen molar-refractivity contribution in [3.05, 3.63) is 28.2 Å². The zero-order valence-electron chi connectivity index (χ0n) is 12.2. The van der Waals surface area contributed by atoms with Gasteiger partial charge in [0.05, 0.1) is 11.6 Å². The second-order valence-electron chi connectivity index (χ2n) is 5.16. The van der Waals surface area contributed by atoms with E-state index in [-0.39, 0.29) is 0 Å². The highest BCUT2D eigenvalue weighted by Gasteiger charge is 2.07. The highest BCUT2D eigenvalue weighted by Crippen LogP contribution is 2.25. The molecule has 1 atom stereocenters. The standard InChI is InChI=1S/C15H25BrN2O/c1-12(6-8-17)11-18(2)9-7-13-4-5-15(19-3)14(16)10-13/h4-5,10,12H,6-9,11,17H2,1-3H3. The molecule has 0 aliphatic rings. The first-order chi connectivity index (χ1) is 9.06. The Hall–Kier alpha value is -0.580. The fraction of sp³-hybridized carbons (Fsp3) is 0.600. The van der Waals surface area contributed by atoms with E-state index >= 15 is 0 Å². The summed E-state index contributed by atoms with van der Waals surface area (Å²) in [6.45, 7) is 5.20. The molecule has 108 valence electrons. The molecule has 1 aromatic carbocycles. The lowest BCUT2D eigenvalue weighted by Crippen LogP contribution is -2.27. The van der Waals surface area contributed by atoms with Gasteiger partial charge in [0.1, 0.15) is 5.75 Å². The molecule has 0 aromatic heterocycles. The summed E-state index contributed by atoms with van der Waals surface area (Å²) in [5.74, 6) is 1.55. The lowest BCUT2D eigenvalue weighted by Gasteiger charge is -2.21. The first kappa shape index (κ1) is 16.5. The van der Waals surface area contributed by atoms with E-state index in [1.807, 2.05) is 6.07 Å². The van der Waals surface area contributed by atoms with Crippen molar-refractivity contribution < 1.29 is 4.74 Å². The number of methoxy groups -OCH3 is 1. The molecular weight excluding hydrogens is 304 g/mol. The van der Waals surface area contributed by atoms with E-state index in [9.17, 15) is 0 Å². The molecule has 0 spiro atoms. The first-order valence-corrected chi connectivity index (χ1v) is 7.57. The number of halogens is 1. The fourth-order valence-corrected chi connectivity index (χ4v) is 2.77. The number of benzene rings is 1. The molecule has 0 saturated carbocycles. The average Bonchev–Trinajstić information content (AvgIpc) is 2.36. The summed E-state index contributed by atoms with van der Waals surface area (Å²) in [7, 11) is 3.86. The van der Waals surface area contributed by atoms with Crippen LogP contribution >= 0.6 is 15.9 Å². The summed E-state index contributed by atoms with van der Waals surface area (Å²) in [4.78, 5) is 2.37. The van der Waals surface area contributed by atoms with Gasteiger partial charge in [-0.05, 0) is 66.0 Å². The Morgan fingerprint density at radius 3 is 2.74 bits per heavy atom. The van der Waals surface area contributed by atoms with Crippen molar-refractivity contribution in [3.8, 4) is 5.75 Å². The zero-order valence-corrected chi connectivity index (χ0v) is 13.7. The van der Waals surface area contributed by atoms with E-state index in [0.717, 1.165) is 42.7 Å². The Balaban J connectivity index is 2.41. The number of nitrogens with two attached hydrogens (primary N) is 1. The molecule has 0 aliphatic carbocycles. The van der Waals surface area contributed by atoms with E-state index in [0.29, 0.717) is 5.92 Å². The summed E-state index contributed by atoms with van der Waals surface area (Å²) < 4.78 is 6.26. The van der Waals surface area contributed by atoms with Crippen molar-refractivity contribution in [3.63, 3.8) is 0 Å². The summed E-state index contributed by atoms with van der Waals surface area (Å²) in [5.41, 5.74) is 6.90. The van der Waals surface area contributed by atoms with Gasteiger partial charge in [-0.2, -0.15) is 0 Å². The molecule has 19 heavy (non-hydrogen) atoms. The Labute approximate surface area is 125 Å². The van der Waals surface area contributed by atoms with Crippen molar-refractivity contribution in [2.45, 2.75) is 19.8 Å². The number of hydrogen-bond donors (Lipinski definition) is 1. The second kappa shape index (κ2) is 8.56. The predicted octanol–water partition coefficient (Wildman–Crippen LogP) is 2.92. The number of likely N-dealkylation sites (N-methyl/N-ethyl adjacent to an activating group) is 1. The lowest BCUT2D eigenvalue weighted by molar-refractivity contribution is 0.283. The number of hydrogen-bond acceptors (Lipinski definition) is 3. The molecule has 1 unspecified atom stereocenters. The van der Waals surface area contributed by atoms with Crippen LogP contribution in [-0.2, 0) is 6.42 Å². The SMILES string of the molecule is COc1ccc(CCN(C)CC(C)CCN)cc1Br. The van der Waals surface area contributed by atoms with E-state index in [1.165, 1.54) is 5.56 Å². The van der Waals surface area contributed by atoms with Crippen LogP contribution in [0, 0.1) is 5.92 Å². The molecule has 0 radical (unpaired) electrons. The number of ether oxygens (including phenoxy) is 1. The normalized spacial score (nSPS) is 12.7. The van der Waals surface area contributed by atoms with Crippen LogP contribution in [0.3, 0.4) is 0 Å². The van der Waals surface area contributed by atoms with Crippen LogP contribution in [0.1, 0.15) is 18.9 Å². The third kappa shape index (κ3) is 5.93. The Morgan fingerprint density at radius 2 is 2.16 bits per heavy atom. The number of rotatable bonds is 8. The maximum Gasteiger partial charge on any atom is 0.133 e. The summed E-state index contributed by atoms with van der Waals surface area (Å²) in [6.07, 6.45) is 2.15. The minimum atomic E-state index is 0.664. The van der Waals surface area contributed by atoms with Gasteiger partial charge in [0, 0.05) is 13.1 Å². The Kier molecular flexibility index (Phi) is 7.42. The van der Waals surface area contributed by atoms with Crippen LogP contribution in [0.5, 0.6) is 5.75 Å². The lowest BCUT2D eigenvalue weighted by atomic mass is 10.1. The fourth-order valence-electron chi connectivity index (χ4n) is 2.18. The quantitative estimate of drug-likeness (QED) is 0.797. The smallest absolute Gasteiger partial charge is 0.133 e. The monoisotopic (exact) mass is 328 g/mol. The van der Waals surface area contributed by atoms with E-state index in [4.69, 9.17) is 10.5 Å². The predicted molar refractivity (Wildman–Crippen MR) is 84.7 cm³/mol. The van der Waals surface area contributed by atoms with Gasteiger partial charge in [-0.3, -0.25) is 0 Å². The highest BCUT2D eigenvalue weighted by atomic mass is 79.9. The van der Waals surface area contributed by atoms with Crippen molar-refractivity contribution >= 4 is 15.9 Å². The van der Waals surface area contributed by atoms with Gasteiger partial charge in [-0.1, -0.05) is 13.0 Å². The van der Waals surface area contributed by atoms with E-state index in [1.54, 1.807) is 7.11 Å². The molecule has 0 heterocycles. The third-order valence-corrected chi connectivity index (χ3v) is 3.90. The Bertz CT molecular complexity index is 384. The van der Waals surface area contributed by atoms with Crippen molar-refractivity contribution in [2.75, 3.05) is 33.8 Å². The maximum absolute atomic E-state index is 5.58. The molecule has 0 saturated heterocycles. The molecule has 0 bridgehead atoms. The van der Waals surface area contributed by atoms with Crippen LogP contribution in [0.25, 0.3) is 0 Å². The molecule has 0 amide bonds. The van der Waals surface area contributed by atoms with Crippen LogP contribution in [0.4, 0.5) is 0 Å². The van der Waals surface area contributed by atoms with Gasteiger partial charge >= 0.3 is 0 Å². The number of nitrogens with zero attached hydrogens (tertiary/aromatic N) is 1. The van der Waals surface area contributed by atoms with E-state index < -0.39 is 0 Å². The molecule has 3 nitrogen and oxygen atoms in total. The second-order valence-corrected chi connectivity index (χ2v) is 6.02. The van der Waals surface area contributed by atoms with Gasteiger partial charge in [-0.15, -0.1) is 0 Å². The molecule has 1 rings (SSSR count). The average molecular weight is 329 g/mol. The highest BCUT2D eigenvalue weighted by molar-refractivity contribution is 9.10. The van der Waals surface area contributed by atoms with Crippen molar-refractivity contribution in [1.29, 1.82) is 0 Å². The van der Waals surface area contributed by atoms with E-state index in [2.05, 4.69) is 46.9 Å². The Morgan fingerprint density at radius 1 is 1.42 bits per heavy atom. The molecule has 4 heteroatoms. The van der Waals surface area contributed by atoms with Crippen molar-refractivity contribution in [2.24, 2.45) is 11.7 Å². The first-order valence-electron chi connectivity index (χ1n) is 6.77.